The fraction of sp³-hybridized carbons (Fsp3) is 0.333. The number of carbonyl (C=O) groups excluding carboxylic acids is 4. The van der Waals surface area contributed by atoms with E-state index in [0.29, 0.717) is 19.4 Å². The molecule has 0 spiro atoms. The molecule has 10 heteroatoms. The number of rotatable bonds is 18. The summed E-state index contributed by atoms with van der Waals surface area (Å²) in [7, 11) is 0. The summed E-state index contributed by atoms with van der Waals surface area (Å²) in [5.74, 6) is -2.26. The molecule has 0 bridgehead atoms. The maximum atomic E-state index is 13.1. The van der Waals surface area contributed by atoms with E-state index in [9.17, 15) is 19.2 Å². The number of amides is 2. The molecule has 0 aliphatic carbocycles. The molecule has 0 fully saturated rings. The van der Waals surface area contributed by atoms with Gasteiger partial charge in [0.25, 0.3) is 0 Å². The van der Waals surface area contributed by atoms with E-state index in [1.807, 2.05) is 78.9 Å². The highest BCUT2D eigenvalue weighted by atomic mass is 16.7. The van der Waals surface area contributed by atoms with Gasteiger partial charge in [0, 0.05) is 12.8 Å². The maximum Gasteiger partial charge on any atom is 0.328 e. The molecule has 228 valence electrons. The number of carbonyl (C=O) groups is 4. The molecule has 1 unspecified atom stereocenters. The Kier molecular flexibility index (Phi) is 14.4. The van der Waals surface area contributed by atoms with Gasteiger partial charge in [-0.2, -0.15) is 0 Å². The fourth-order valence-corrected chi connectivity index (χ4v) is 4.00. The van der Waals surface area contributed by atoms with Gasteiger partial charge < -0.3 is 20.5 Å². The molecule has 1 atom stereocenters. The summed E-state index contributed by atoms with van der Waals surface area (Å²) in [4.78, 5) is 57.2. The van der Waals surface area contributed by atoms with Crippen molar-refractivity contribution in [2.45, 2.75) is 58.0 Å². The Morgan fingerprint density at radius 3 is 1.79 bits per heavy atom. The van der Waals surface area contributed by atoms with Gasteiger partial charge in [-0.3, -0.25) is 19.2 Å². The minimum absolute atomic E-state index is 0.00353. The third-order valence-electron chi connectivity index (χ3n) is 6.36. The number of unbranched alkanes of at least 4 members (excludes halogenated alkanes) is 1. The van der Waals surface area contributed by atoms with Crippen LogP contribution in [0.1, 0.15) is 48.8 Å². The van der Waals surface area contributed by atoms with Gasteiger partial charge >= 0.3 is 11.9 Å². The second kappa shape index (κ2) is 18.8. The van der Waals surface area contributed by atoms with Crippen molar-refractivity contribution in [2.75, 3.05) is 13.1 Å². The molecule has 0 heterocycles. The van der Waals surface area contributed by atoms with Crippen LogP contribution in [-0.4, -0.2) is 47.9 Å². The molecule has 3 aromatic carbocycles. The van der Waals surface area contributed by atoms with Crippen LogP contribution in [-0.2, 0) is 53.3 Å². The van der Waals surface area contributed by atoms with Gasteiger partial charge in [-0.1, -0.05) is 91.0 Å². The Bertz CT molecular complexity index is 1270. The van der Waals surface area contributed by atoms with Crippen molar-refractivity contribution < 1.29 is 33.5 Å². The predicted molar refractivity (Wildman–Crippen MR) is 159 cm³/mol. The monoisotopic (exact) mass is 589 g/mol. The fourth-order valence-electron chi connectivity index (χ4n) is 4.00. The molecule has 0 saturated carbocycles. The smallest absolute Gasteiger partial charge is 0.328 e. The average molecular weight is 590 g/mol. The standard InChI is InChI=1S/C33H39N3O7/c34-21-11-10-18-31(38)36(43-25-28-16-8-3-9-17-28)22-30(37)35-29(33(40)42-24-27-14-6-2-7-15-27)19-20-32(39)41-23-26-12-4-1-5-13-26/h1-9,12-17,29H,10-11,18-25,34H2,(H,35,37). The van der Waals surface area contributed by atoms with Crippen LogP contribution in [0, 0.1) is 0 Å². The van der Waals surface area contributed by atoms with Gasteiger partial charge in [0.05, 0.1) is 0 Å². The van der Waals surface area contributed by atoms with Crippen molar-refractivity contribution in [3.63, 3.8) is 0 Å². The Labute approximate surface area is 252 Å². The lowest BCUT2D eigenvalue weighted by Crippen LogP contribution is -2.47. The lowest BCUT2D eigenvalue weighted by molar-refractivity contribution is -0.193. The topological polar surface area (TPSA) is 137 Å². The van der Waals surface area contributed by atoms with Gasteiger partial charge in [-0.25, -0.2) is 9.86 Å². The second-order valence-electron chi connectivity index (χ2n) is 9.83. The molecule has 2 amide bonds. The van der Waals surface area contributed by atoms with E-state index in [-0.39, 0.29) is 45.0 Å². The largest absolute Gasteiger partial charge is 0.461 e. The summed E-state index contributed by atoms with van der Waals surface area (Å²) in [6.45, 7) is 0.159. The first-order valence-electron chi connectivity index (χ1n) is 14.3. The zero-order chi connectivity index (χ0) is 30.7. The van der Waals surface area contributed by atoms with Crippen molar-refractivity contribution >= 4 is 23.8 Å². The number of nitrogens with two attached hydrogens (primary N) is 1. The first-order chi connectivity index (χ1) is 20.9. The van der Waals surface area contributed by atoms with Crippen molar-refractivity contribution in [3.8, 4) is 0 Å². The SMILES string of the molecule is NCCCCC(=O)N(CC(=O)NC(CCC(=O)OCc1ccccc1)C(=O)OCc1ccccc1)OCc1ccccc1. The maximum absolute atomic E-state index is 13.1. The number of esters is 2. The number of ether oxygens (including phenoxy) is 2. The summed E-state index contributed by atoms with van der Waals surface area (Å²) >= 11 is 0. The molecule has 3 rings (SSSR count). The van der Waals surface area contributed by atoms with E-state index in [0.717, 1.165) is 21.8 Å². The van der Waals surface area contributed by atoms with Crippen LogP contribution in [0.15, 0.2) is 91.0 Å². The van der Waals surface area contributed by atoms with E-state index < -0.39 is 30.4 Å². The molecule has 3 N–H and O–H groups in total. The number of hydrogen-bond acceptors (Lipinski definition) is 8. The van der Waals surface area contributed by atoms with Gasteiger partial charge in [0.1, 0.15) is 32.4 Å². The highest BCUT2D eigenvalue weighted by Gasteiger charge is 2.26. The summed E-state index contributed by atoms with van der Waals surface area (Å²) in [6, 6.07) is 26.4. The van der Waals surface area contributed by atoms with Crippen molar-refractivity contribution in [1.29, 1.82) is 0 Å². The number of hydrogen-bond donors (Lipinski definition) is 2. The van der Waals surface area contributed by atoms with Gasteiger partial charge in [0.15, 0.2) is 0 Å². The Morgan fingerprint density at radius 2 is 1.23 bits per heavy atom. The molecule has 0 aliphatic rings. The average Bonchev–Trinajstić information content (AvgIpc) is 3.04. The molecule has 0 aromatic heterocycles. The van der Waals surface area contributed by atoms with Gasteiger partial charge in [-0.15, -0.1) is 0 Å². The van der Waals surface area contributed by atoms with Crippen LogP contribution in [0.2, 0.25) is 0 Å². The highest BCUT2D eigenvalue weighted by Crippen LogP contribution is 2.10. The summed E-state index contributed by atoms with van der Waals surface area (Å²) in [6.07, 6.45) is 1.16. The minimum Gasteiger partial charge on any atom is -0.461 e. The molecule has 3 aromatic rings. The summed E-state index contributed by atoms with van der Waals surface area (Å²) in [5, 5.41) is 3.62. The lowest BCUT2D eigenvalue weighted by Gasteiger charge is -2.23. The third kappa shape index (κ3) is 12.9. The minimum atomic E-state index is -1.15. The molecule has 0 saturated heterocycles. The molecular weight excluding hydrogens is 550 g/mol. The molecular formula is C33H39N3O7. The molecule has 10 nitrogen and oxygen atoms in total. The Balaban J connectivity index is 1.62. The second-order valence-corrected chi connectivity index (χ2v) is 9.83. The van der Waals surface area contributed by atoms with Gasteiger partial charge in [-0.05, 0) is 42.5 Å². The molecule has 0 aliphatic heterocycles. The van der Waals surface area contributed by atoms with E-state index in [2.05, 4.69) is 5.32 Å². The van der Waals surface area contributed by atoms with E-state index >= 15 is 0 Å². The summed E-state index contributed by atoms with van der Waals surface area (Å²) < 4.78 is 10.8. The lowest BCUT2D eigenvalue weighted by atomic mass is 10.1. The number of nitrogens with one attached hydrogen (secondary N) is 1. The first kappa shape index (κ1) is 33.0. The predicted octanol–water partition coefficient (Wildman–Crippen LogP) is 3.83. The van der Waals surface area contributed by atoms with Crippen LogP contribution in [0.5, 0.6) is 0 Å². The van der Waals surface area contributed by atoms with Crippen LogP contribution < -0.4 is 11.1 Å². The van der Waals surface area contributed by atoms with Crippen molar-refractivity contribution in [2.24, 2.45) is 5.73 Å². The van der Waals surface area contributed by atoms with Crippen LogP contribution >= 0.6 is 0 Å². The van der Waals surface area contributed by atoms with Gasteiger partial charge in [0.2, 0.25) is 11.8 Å². The van der Waals surface area contributed by atoms with E-state index in [1.54, 1.807) is 12.1 Å². The van der Waals surface area contributed by atoms with Crippen LogP contribution in [0.3, 0.4) is 0 Å². The molecule has 43 heavy (non-hydrogen) atoms. The number of nitrogens with zero attached hydrogens (tertiary/aromatic N) is 1. The van der Waals surface area contributed by atoms with E-state index in [1.165, 1.54) is 0 Å². The van der Waals surface area contributed by atoms with Crippen LogP contribution in [0.25, 0.3) is 0 Å². The molecule has 0 radical (unpaired) electrons. The first-order valence-corrected chi connectivity index (χ1v) is 14.3. The van der Waals surface area contributed by atoms with Crippen LogP contribution in [0.4, 0.5) is 0 Å². The van der Waals surface area contributed by atoms with Crippen molar-refractivity contribution in [3.05, 3.63) is 108 Å². The zero-order valence-electron chi connectivity index (χ0n) is 24.2. The number of hydroxylamine groups is 2. The Hall–Kier alpha value is -4.54. The zero-order valence-corrected chi connectivity index (χ0v) is 24.2. The quantitative estimate of drug-likeness (QED) is 0.130. The number of benzene rings is 3. The third-order valence-corrected chi connectivity index (χ3v) is 6.36. The van der Waals surface area contributed by atoms with E-state index in [4.69, 9.17) is 20.0 Å². The highest BCUT2D eigenvalue weighted by molar-refractivity contribution is 5.88. The summed E-state index contributed by atoms with van der Waals surface area (Å²) in [5.41, 5.74) is 7.97. The normalized spacial score (nSPS) is 11.3. The van der Waals surface area contributed by atoms with Crippen molar-refractivity contribution in [1.82, 2.24) is 10.4 Å². The Morgan fingerprint density at radius 1 is 0.698 bits per heavy atom.